The van der Waals surface area contributed by atoms with E-state index in [1.54, 1.807) is 0 Å². The molecule has 2 rings (SSSR count). The lowest BCUT2D eigenvalue weighted by Gasteiger charge is -2.29. The van der Waals surface area contributed by atoms with E-state index >= 15 is 0 Å². The first-order chi connectivity index (χ1) is 9.08. The van der Waals surface area contributed by atoms with Crippen molar-refractivity contribution in [2.24, 2.45) is 5.92 Å². The van der Waals surface area contributed by atoms with Crippen molar-refractivity contribution in [3.05, 3.63) is 29.3 Å². The Bertz CT molecular complexity index is 517. The Morgan fingerprint density at radius 3 is 2.84 bits per heavy atom. The van der Waals surface area contributed by atoms with Gasteiger partial charge in [-0.15, -0.1) is 0 Å². The van der Waals surface area contributed by atoms with Crippen LogP contribution in [0.2, 0.25) is 0 Å². The van der Waals surface area contributed by atoms with E-state index in [1.165, 1.54) is 0 Å². The Kier molecular flexibility index (Phi) is 4.06. The fourth-order valence-corrected chi connectivity index (χ4v) is 2.34. The molecule has 19 heavy (non-hydrogen) atoms. The van der Waals surface area contributed by atoms with Crippen molar-refractivity contribution in [3.8, 4) is 6.07 Å². The molecule has 0 aromatic heterocycles. The van der Waals surface area contributed by atoms with Crippen molar-refractivity contribution >= 4 is 11.6 Å². The van der Waals surface area contributed by atoms with Gasteiger partial charge in [-0.25, -0.2) is 0 Å². The predicted molar refractivity (Wildman–Crippen MR) is 74.4 cm³/mol. The van der Waals surface area contributed by atoms with Gasteiger partial charge in [-0.3, -0.25) is 15.2 Å². The number of nitriles is 1. The minimum Gasteiger partial charge on any atom is -0.286 e. The Morgan fingerprint density at radius 2 is 2.21 bits per heavy atom. The third-order valence-corrected chi connectivity index (χ3v) is 3.11. The highest BCUT2D eigenvalue weighted by atomic mass is 16.2. The third-order valence-electron chi connectivity index (χ3n) is 3.11. The van der Waals surface area contributed by atoms with Crippen LogP contribution in [-0.4, -0.2) is 12.5 Å². The molecule has 0 saturated carbocycles. The third kappa shape index (κ3) is 3.47. The predicted octanol–water partition coefficient (Wildman–Crippen LogP) is 2.39. The fraction of sp³-hybridized carbons (Fsp3) is 0.467. The molecule has 1 N–H and O–H groups in total. The van der Waals surface area contributed by atoms with Gasteiger partial charge in [0.2, 0.25) is 5.91 Å². The van der Waals surface area contributed by atoms with E-state index in [4.69, 9.17) is 5.26 Å². The summed E-state index contributed by atoms with van der Waals surface area (Å²) in [5.41, 5.74) is 5.54. The maximum absolute atomic E-state index is 11.4. The molecule has 0 spiro atoms. The van der Waals surface area contributed by atoms with Crippen molar-refractivity contribution in [2.75, 3.05) is 11.6 Å². The Morgan fingerprint density at radius 1 is 1.42 bits per heavy atom. The second kappa shape index (κ2) is 5.75. The normalized spacial score (nSPS) is 15.3. The number of rotatable bonds is 3. The van der Waals surface area contributed by atoms with E-state index in [0.29, 0.717) is 17.9 Å². The SMILES string of the molecule is CC(C)Cc1cc(C#N)cc(N2CCCC(=O)N2)c1. The van der Waals surface area contributed by atoms with Gasteiger partial charge in [-0.2, -0.15) is 5.26 Å². The summed E-state index contributed by atoms with van der Waals surface area (Å²) in [4.78, 5) is 11.4. The van der Waals surface area contributed by atoms with E-state index in [1.807, 2.05) is 17.1 Å². The van der Waals surface area contributed by atoms with Crippen molar-refractivity contribution in [2.45, 2.75) is 33.1 Å². The monoisotopic (exact) mass is 257 g/mol. The Labute approximate surface area is 114 Å². The maximum atomic E-state index is 11.4. The molecule has 4 nitrogen and oxygen atoms in total. The number of hydrogen-bond donors (Lipinski definition) is 1. The molecule has 0 radical (unpaired) electrons. The van der Waals surface area contributed by atoms with Gasteiger partial charge in [-0.05, 0) is 42.5 Å². The first-order valence-electron chi connectivity index (χ1n) is 6.69. The molecule has 1 saturated heterocycles. The van der Waals surface area contributed by atoms with Crippen LogP contribution < -0.4 is 10.4 Å². The molecule has 0 aliphatic carbocycles. The molecule has 0 atom stereocenters. The molecule has 100 valence electrons. The Balaban J connectivity index is 2.28. The van der Waals surface area contributed by atoms with Crippen LogP contribution in [0.5, 0.6) is 0 Å². The van der Waals surface area contributed by atoms with Crippen LogP contribution in [0.3, 0.4) is 0 Å². The van der Waals surface area contributed by atoms with Gasteiger partial charge in [-0.1, -0.05) is 13.8 Å². The van der Waals surface area contributed by atoms with Crippen LogP contribution in [0.4, 0.5) is 5.69 Å². The molecular formula is C15H19N3O. The van der Waals surface area contributed by atoms with Gasteiger partial charge in [0.05, 0.1) is 17.3 Å². The van der Waals surface area contributed by atoms with E-state index in [2.05, 4.69) is 31.4 Å². The lowest BCUT2D eigenvalue weighted by Crippen LogP contribution is -2.47. The van der Waals surface area contributed by atoms with Gasteiger partial charge in [0.15, 0.2) is 0 Å². The Hall–Kier alpha value is -2.02. The van der Waals surface area contributed by atoms with Crippen LogP contribution in [0.15, 0.2) is 18.2 Å². The number of nitrogens with zero attached hydrogens (tertiary/aromatic N) is 2. The van der Waals surface area contributed by atoms with Crippen molar-refractivity contribution < 1.29 is 4.79 Å². The van der Waals surface area contributed by atoms with Crippen LogP contribution in [0.1, 0.15) is 37.8 Å². The molecule has 0 bridgehead atoms. The maximum Gasteiger partial charge on any atom is 0.238 e. The van der Waals surface area contributed by atoms with Gasteiger partial charge in [0.1, 0.15) is 0 Å². The van der Waals surface area contributed by atoms with E-state index in [0.717, 1.165) is 30.6 Å². The number of amides is 1. The summed E-state index contributed by atoms with van der Waals surface area (Å²) < 4.78 is 0. The lowest BCUT2D eigenvalue weighted by molar-refractivity contribution is -0.122. The number of hydrazine groups is 1. The summed E-state index contributed by atoms with van der Waals surface area (Å²) in [6.07, 6.45) is 2.36. The number of benzene rings is 1. The fourth-order valence-electron chi connectivity index (χ4n) is 2.34. The number of carbonyl (C=O) groups excluding carboxylic acids is 1. The van der Waals surface area contributed by atoms with Crippen molar-refractivity contribution in [3.63, 3.8) is 0 Å². The zero-order valence-electron chi connectivity index (χ0n) is 11.4. The molecular weight excluding hydrogens is 238 g/mol. The summed E-state index contributed by atoms with van der Waals surface area (Å²) in [6.45, 7) is 5.10. The number of nitrogens with one attached hydrogen (secondary N) is 1. The highest BCUT2D eigenvalue weighted by molar-refractivity contribution is 5.79. The molecule has 4 heteroatoms. The van der Waals surface area contributed by atoms with Crippen molar-refractivity contribution in [1.29, 1.82) is 5.26 Å². The lowest BCUT2D eigenvalue weighted by atomic mass is 10.00. The van der Waals surface area contributed by atoms with Crippen LogP contribution in [0, 0.1) is 17.2 Å². The van der Waals surface area contributed by atoms with Gasteiger partial charge in [0.25, 0.3) is 0 Å². The molecule has 1 amide bonds. The molecule has 1 aliphatic heterocycles. The zero-order chi connectivity index (χ0) is 13.8. The molecule has 1 aliphatic rings. The highest BCUT2D eigenvalue weighted by Crippen LogP contribution is 2.21. The van der Waals surface area contributed by atoms with Crippen LogP contribution >= 0.6 is 0 Å². The van der Waals surface area contributed by atoms with Gasteiger partial charge < -0.3 is 0 Å². The number of carbonyl (C=O) groups is 1. The summed E-state index contributed by atoms with van der Waals surface area (Å²) in [7, 11) is 0. The first kappa shape index (κ1) is 13.4. The van der Waals surface area contributed by atoms with Gasteiger partial charge in [0, 0.05) is 13.0 Å². The van der Waals surface area contributed by atoms with Crippen LogP contribution in [-0.2, 0) is 11.2 Å². The summed E-state index contributed by atoms with van der Waals surface area (Å²) in [5.74, 6) is 0.580. The summed E-state index contributed by atoms with van der Waals surface area (Å²) >= 11 is 0. The molecule has 1 aromatic rings. The largest absolute Gasteiger partial charge is 0.286 e. The van der Waals surface area contributed by atoms with E-state index in [-0.39, 0.29) is 5.91 Å². The van der Waals surface area contributed by atoms with E-state index < -0.39 is 0 Å². The van der Waals surface area contributed by atoms with Gasteiger partial charge >= 0.3 is 0 Å². The average molecular weight is 257 g/mol. The van der Waals surface area contributed by atoms with Crippen LogP contribution in [0.25, 0.3) is 0 Å². The number of hydrogen-bond acceptors (Lipinski definition) is 3. The quantitative estimate of drug-likeness (QED) is 0.904. The second-order valence-electron chi connectivity index (χ2n) is 5.39. The smallest absolute Gasteiger partial charge is 0.238 e. The molecule has 1 heterocycles. The first-order valence-corrected chi connectivity index (χ1v) is 6.69. The minimum absolute atomic E-state index is 0.0408. The average Bonchev–Trinajstić information content (AvgIpc) is 2.37. The highest BCUT2D eigenvalue weighted by Gasteiger charge is 2.17. The molecule has 1 aromatic carbocycles. The van der Waals surface area contributed by atoms with Crippen molar-refractivity contribution in [1.82, 2.24) is 5.43 Å². The molecule has 1 fully saturated rings. The van der Waals surface area contributed by atoms with E-state index in [9.17, 15) is 4.79 Å². The summed E-state index contributed by atoms with van der Waals surface area (Å²) in [5, 5.41) is 11.0. The minimum atomic E-state index is 0.0408. The zero-order valence-corrected chi connectivity index (χ0v) is 11.4. The summed E-state index contributed by atoms with van der Waals surface area (Å²) in [6, 6.07) is 8.01. The number of anilines is 1. The second-order valence-corrected chi connectivity index (χ2v) is 5.39. The standard InChI is InChI=1S/C15H19N3O/c1-11(2)6-12-7-13(10-16)9-14(8-12)18-5-3-4-15(19)17-18/h7-9,11H,3-6H2,1-2H3,(H,17,19). The topological polar surface area (TPSA) is 56.1 Å². The molecule has 0 unspecified atom stereocenters.